The van der Waals surface area contributed by atoms with Crippen LogP contribution in [0, 0.1) is 29.6 Å². The SMILES string of the molecule is Cc1ccc(C(=O)N2CCN(c3c(Cl)cccc3NC=C(C#N)C#N)CC2)cc1. The first kappa shape index (κ1) is 20.3. The number of carbonyl (C=O) groups excluding carboxylic acids is 1. The van der Waals surface area contributed by atoms with Gasteiger partial charge in [-0.25, -0.2) is 0 Å². The first-order valence-electron chi connectivity index (χ1n) is 9.20. The maximum atomic E-state index is 12.7. The monoisotopic (exact) mass is 405 g/mol. The number of allylic oxidation sites excluding steroid dienone is 1. The number of hydrogen-bond donors (Lipinski definition) is 1. The van der Waals surface area contributed by atoms with Crippen LogP contribution in [0.25, 0.3) is 0 Å². The predicted molar refractivity (Wildman–Crippen MR) is 114 cm³/mol. The molecule has 0 unspecified atom stereocenters. The number of halogens is 1. The molecule has 29 heavy (non-hydrogen) atoms. The largest absolute Gasteiger partial charge is 0.365 e. The average molecular weight is 406 g/mol. The van der Waals surface area contributed by atoms with E-state index in [0.29, 0.717) is 42.5 Å². The summed E-state index contributed by atoms with van der Waals surface area (Å²) in [6, 6.07) is 16.7. The number of anilines is 2. The van der Waals surface area contributed by atoms with Crippen molar-refractivity contribution in [3.8, 4) is 12.1 Å². The van der Waals surface area contributed by atoms with Crippen molar-refractivity contribution in [1.82, 2.24) is 4.90 Å². The molecule has 1 fully saturated rings. The molecular weight excluding hydrogens is 386 g/mol. The minimum absolute atomic E-state index is 0.0237. The lowest BCUT2D eigenvalue weighted by atomic mass is 10.1. The van der Waals surface area contributed by atoms with Crippen LogP contribution in [-0.4, -0.2) is 37.0 Å². The van der Waals surface area contributed by atoms with Gasteiger partial charge in [0, 0.05) is 37.9 Å². The van der Waals surface area contributed by atoms with E-state index in [9.17, 15) is 4.79 Å². The Kier molecular flexibility index (Phi) is 6.39. The quantitative estimate of drug-likeness (QED) is 0.778. The van der Waals surface area contributed by atoms with E-state index in [0.717, 1.165) is 11.3 Å². The molecule has 1 heterocycles. The molecule has 0 aliphatic carbocycles. The summed E-state index contributed by atoms with van der Waals surface area (Å²) in [6.07, 6.45) is 1.37. The lowest BCUT2D eigenvalue weighted by Gasteiger charge is -2.37. The summed E-state index contributed by atoms with van der Waals surface area (Å²) < 4.78 is 0. The zero-order valence-corrected chi connectivity index (χ0v) is 16.8. The molecule has 0 saturated carbocycles. The Morgan fingerprint density at radius 3 is 2.34 bits per heavy atom. The van der Waals surface area contributed by atoms with E-state index in [2.05, 4.69) is 10.2 Å². The summed E-state index contributed by atoms with van der Waals surface area (Å²) in [6.45, 7) is 4.41. The van der Waals surface area contributed by atoms with Gasteiger partial charge in [-0.05, 0) is 31.2 Å². The molecule has 146 valence electrons. The van der Waals surface area contributed by atoms with Crippen LogP contribution in [0.15, 0.2) is 54.2 Å². The molecule has 1 aliphatic rings. The third-order valence-electron chi connectivity index (χ3n) is 4.78. The van der Waals surface area contributed by atoms with Crippen LogP contribution in [0.1, 0.15) is 15.9 Å². The number of carbonyl (C=O) groups is 1. The molecule has 1 saturated heterocycles. The highest BCUT2D eigenvalue weighted by molar-refractivity contribution is 6.34. The highest BCUT2D eigenvalue weighted by Gasteiger charge is 2.24. The molecule has 2 aromatic rings. The van der Waals surface area contributed by atoms with Crippen molar-refractivity contribution in [2.45, 2.75) is 6.92 Å². The van der Waals surface area contributed by atoms with Gasteiger partial charge >= 0.3 is 0 Å². The highest BCUT2D eigenvalue weighted by Crippen LogP contribution is 2.34. The first-order valence-corrected chi connectivity index (χ1v) is 9.57. The van der Waals surface area contributed by atoms with Crippen LogP contribution >= 0.6 is 11.6 Å². The summed E-state index contributed by atoms with van der Waals surface area (Å²) in [5.41, 5.74) is 3.29. The summed E-state index contributed by atoms with van der Waals surface area (Å²) >= 11 is 6.44. The van der Waals surface area contributed by atoms with E-state index in [1.807, 2.05) is 54.3 Å². The number of piperazine rings is 1. The molecule has 0 atom stereocenters. The molecular formula is C22H20ClN5O. The third kappa shape index (κ3) is 4.68. The van der Waals surface area contributed by atoms with Crippen LogP contribution in [-0.2, 0) is 0 Å². The van der Waals surface area contributed by atoms with Gasteiger partial charge in [0.05, 0.1) is 16.4 Å². The van der Waals surface area contributed by atoms with Gasteiger partial charge in [0.15, 0.2) is 0 Å². The van der Waals surface area contributed by atoms with Crippen LogP contribution < -0.4 is 10.2 Å². The van der Waals surface area contributed by atoms with Gasteiger partial charge in [-0.1, -0.05) is 35.4 Å². The summed E-state index contributed by atoms with van der Waals surface area (Å²) in [7, 11) is 0. The fraction of sp³-hybridized carbons (Fsp3) is 0.227. The van der Waals surface area contributed by atoms with E-state index in [4.69, 9.17) is 22.1 Å². The molecule has 2 aromatic carbocycles. The van der Waals surface area contributed by atoms with Gasteiger partial charge in [-0.2, -0.15) is 10.5 Å². The molecule has 1 N–H and O–H groups in total. The van der Waals surface area contributed by atoms with Crippen molar-refractivity contribution in [3.05, 3.63) is 70.4 Å². The summed E-state index contributed by atoms with van der Waals surface area (Å²) in [5.74, 6) is 0.0257. The van der Waals surface area contributed by atoms with Crippen molar-refractivity contribution in [2.24, 2.45) is 0 Å². The van der Waals surface area contributed by atoms with E-state index in [-0.39, 0.29) is 11.5 Å². The Morgan fingerprint density at radius 2 is 1.72 bits per heavy atom. The van der Waals surface area contributed by atoms with E-state index >= 15 is 0 Å². The van der Waals surface area contributed by atoms with Gasteiger partial charge in [-0.3, -0.25) is 4.79 Å². The number of aryl methyl sites for hydroxylation is 1. The third-order valence-corrected chi connectivity index (χ3v) is 5.09. The van der Waals surface area contributed by atoms with Crippen molar-refractivity contribution in [2.75, 3.05) is 36.4 Å². The molecule has 0 radical (unpaired) electrons. The fourth-order valence-electron chi connectivity index (χ4n) is 3.20. The number of hydrogen-bond acceptors (Lipinski definition) is 5. The Balaban J connectivity index is 1.73. The van der Waals surface area contributed by atoms with Gasteiger partial charge < -0.3 is 15.1 Å². The van der Waals surface area contributed by atoms with Crippen molar-refractivity contribution in [1.29, 1.82) is 10.5 Å². The van der Waals surface area contributed by atoms with Gasteiger partial charge in [0.25, 0.3) is 5.91 Å². The highest BCUT2D eigenvalue weighted by atomic mass is 35.5. The number of para-hydroxylation sites is 1. The molecule has 6 nitrogen and oxygen atoms in total. The molecule has 1 aliphatic heterocycles. The van der Waals surface area contributed by atoms with E-state index in [1.165, 1.54) is 6.20 Å². The Bertz CT molecular complexity index is 993. The normalized spacial score (nSPS) is 13.2. The van der Waals surface area contributed by atoms with Gasteiger partial charge in [0.1, 0.15) is 17.7 Å². The number of benzene rings is 2. The maximum Gasteiger partial charge on any atom is 0.253 e. The van der Waals surface area contributed by atoms with Crippen molar-refractivity contribution >= 4 is 28.9 Å². The minimum Gasteiger partial charge on any atom is -0.365 e. The van der Waals surface area contributed by atoms with Crippen molar-refractivity contribution < 1.29 is 4.79 Å². The summed E-state index contributed by atoms with van der Waals surface area (Å²) in [5, 5.41) is 21.4. The van der Waals surface area contributed by atoms with Gasteiger partial charge in [-0.15, -0.1) is 0 Å². The zero-order valence-electron chi connectivity index (χ0n) is 16.0. The Hall–Kier alpha value is -3.48. The number of nitrogens with zero attached hydrogens (tertiary/aromatic N) is 4. The average Bonchev–Trinajstić information content (AvgIpc) is 2.75. The van der Waals surface area contributed by atoms with Crippen LogP contribution in [0.5, 0.6) is 0 Å². The zero-order chi connectivity index (χ0) is 20.8. The smallest absolute Gasteiger partial charge is 0.253 e. The van der Waals surface area contributed by atoms with E-state index in [1.54, 1.807) is 12.1 Å². The second-order valence-electron chi connectivity index (χ2n) is 6.71. The second-order valence-corrected chi connectivity index (χ2v) is 7.11. The molecule has 1 amide bonds. The van der Waals surface area contributed by atoms with Crippen molar-refractivity contribution in [3.63, 3.8) is 0 Å². The van der Waals surface area contributed by atoms with Crippen LogP contribution in [0.4, 0.5) is 11.4 Å². The Morgan fingerprint density at radius 1 is 1.07 bits per heavy atom. The first-order chi connectivity index (χ1) is 14.0. The number of amides is 1. The second kappa shape index (κ2) is 9.14. The molecule has 0 spiro atoms. The molecule has 0 aromatic heterocycles. The number of rotatable bonds is 4. The maximum absolute atomic E-state index is 12.7. The minimum atomic E-state index is -0.0237. The lowest BCUT2D eigenvalue weighted by molar-refractivity contribution is 0.0747. The van der Waals surface area contributed by atoms with Crippen LogP contribution in [0.3, 0.4) is 0 Å². The van der Waals surface area contributed by atoms with Crippen LogP contribution in [0.2, 0.25) is 5.02 Å². The molecule has 7 heteroatoms. The predicted octanol–water partition coefficient (Wildman–Crippen LogP) is 3.95. The van der Waals surface area contributed by atoms with Gasteiger partial charge in [0.2, 0.25) is 0 Å². The molecule has 0 bridgehead atoms. The fourth-order valence-corrected chi connectivity index (χ4v) is 3.50. The molecule has 3 rings (SSSR count). The van der Waals surface area contributed by atoms with E-state index < -0.39 is 0 Å². The topological polar surface area (TPSA) is 83.2 Å². The lowest BCUT2D eigenvalue weighted by Crippen LogP contribution is -2.49. The number of nitriles is 2. The number of nitrogens with one attached hydrogen (secondary N) is 1. The standard InChI is InChI=1S/C22H20ClN5O/c1-16-5-7-18(8-6-16)22(29)28-11-9-27(10-12-28)21-19(23)3-2-4-20(21)26-15-17(13-24)14-25/h2-8,15,26H,9-12H2,1H3. The summed E-state index contributed by atoms with van der Waals surface area (Å²) in [4.78, 5) is 16.7. The Labute approximate surface area is 175 Å².